The number of thioether (sulfide) groups is 1. The third-order valence-corrected chi connectivity index (χ3v) is 5.56. The van der Waals surface area contributed by atoms with Crippen molar-refractivity contribution in [1.29, 1.82) is 0 Å². The van der Waals surface area contributed by atoms with Gasteiger partial charge in [0.2, 0.25) is 11.8 Å². The molecular formula is C16H21N3O3S. The van der Waals surface area contributed by atoms with Crippen LogP contribution in [0.3, 0.4) is 0 Å². The number of nitrogens with zero attached hydrogens (tertiary/aromatic N) is 1. The number of amides is 2. The maximum Gasteiger partial charge on any atom is 0.238 e. The SMILES string of the molecule is O=C(CC1Sc2ncccc2NC1=O)NCC1(O)CCCCC1. The number of carbonyl (C=O) groups is 2. The smallest absolute Gasteiger partial charge is 0.238 e. The van der Waals surface area contributed by atoms with E-state index < -0.39 is 10.9 Å². The fourth-order valence-corrected chi connectivity index (χ4v) is 4.04. The molecule has 1 fully saturated rings. The van der Waals surface area contributed by atoms with Crippen LogP contribution >= 0.6 is 11.8 Å². The first-order valence-corrected chi connectivity index (χ1v) is 8.85. The predicted octanol–water partition coefficient (Wildman–Crippen LogP) is 1.70. The van der Waals surface area contributed by atoms with Crippen molar-refractivity contribution in [3.05, 3.63) is 18.3 Å². The monoisotopic (exact) mass is 335 g/mol. The Balaban J connectivity index is 1.53. The second-order valence-electron chi connectivity index (χ2n) is 6.22. The molecule has 124 valence electrons. The number of rotatable bonds is 4. The normalized spacial score (nSPS) is 22.8. The second kappa shape index (κ2) is 6.88. The minimum atomic E-state index is -0.788. The molecule has 1 aromatic heterocycles. The molecule has 1 aliphatic carbocycles. The standard InChI is InChI=1S/C16H21N3O3S/c20-13(18-10-16(22)6-2-1-3-7-16)9-12-14(21)19-11-5-4-8-17-15(11)23-12/h4-5,8,12,22H,1-3,6-7,9-10H2,(H,18,20)(H,19,21). The summed E-state index contributed by atoms with van der Waals surface area (Å²) in [5.74, 6) is -0.391. The van der Waals surface area contributed by atoms with E-state index in [4.69, 9.17) is 0 Å². The Hall–Kier alpha value is -1.60. The Labute approximate surface area is 139 Å². The average Bonchev–Trinajstić information content (AvgIpc) is 2.54. The van der Waals surface area contributed by atoms with Gasteiger partial charge < -0.3 is 15.7 Å². The molecular weight excluding hydrogens is 314 g/mol. The van der Waals surface area contributed by atoms with Crippen molar-refractivity contribution in [3.8, 4) is 0 Å². The largest absolute Gasteiger partial charge is 0.388 e. The van der Waals surface area contributed by atoms with Crippen LogP contribution in [0.25, 0.3) is 0 Å². The molecule has 3 N–H and O–H groups in total. The van der Waals surface area contributed by atoms with Gasteiger partial charge in [0.25, 0.3) is 0 Å². The summed E-state index contributed by atoms with van der Waals surface area (Å²) in [5, 5.41) is 16.2. The van der Waals surface area contributed by atoms with Gasteiger partial charge in [-0.25, -0.2) is 4.98 Å². The van der Waals surface area contributed by atoms with Crippen molar-refractivity contribution in [1.82, 2.24) is 10.3 Å². The van der Waals surface area contributed by atoms with Crippen LogP contribution in [0.1, 0.15) is 38.5 Å². The van der Waals surface area contributed by atoms with E-state index >= 15 is 0 Å². The number of anilines is 1. The van der Waals surface area contributed by atoms with E-state index in [0.717, 1.165) is 37.1 Å². The number of fused-ring (bicyclic) bond motifs is 1. The Bertz CT molecular complexity index is 602. The fourth-order valence-electron chi connectivity index (χ4n) is 3.01. The first kappa shape index (κ1) is 16.3. The van der Waals surface area contributed by atoms with Gasteiger partial charge in [0.15, 0.2) is 0 Å². The lowest BCUT2D eigenvalue weighted by molar-refractivity contribution is -0.125. The minimum absolute atomic E-state index is 0.0859. The first-order chi connectivity index (χ1) is 11.1. The van der Waals surface area contributed by atoms with Gasteiger partial charge in [0, 0.05) is 19.2 Å². The van der Waals surface area contributed by atoms with Gasteiger partial charge in [-0.15, -0.1) is 0 Å². The van der Waals surface area contributed by atoms with Crippen molar-refractivity contribution in [2.24, 2.45) is 0 Å². The van der Waals surface area contributed by atoms with Crippen molar-refractivity contribution >= 4 is 29.3 Å². The van der Waals surface area contributed by atoms with Gasteiger partial charge in [0.1, 0.15) is 5.03 Å². The number of carbonyl (C=O) groups excluding carboxylic acids is 2. The highest BCUT2D eigenvalue weighted by atomic mass is 32.2. The van der Waals surface area contributed by atoms with Gasteiger partial charge >= 0.3 is 0 Å². The van der Waals surface area contributed by atoms with Crippen molar-refractivity contribution in [2.45, 2.75) is 54.4 Å². The number of hydrogen-bond donors (Lipinski definition) is 3. The molecule has 6 nitrogen and oxygen atoms in total. The second-order valence-corrected chi connectivity index (χ2v) is 7.41. The summed E-state index contributed by atoms with van der Waals surface area (Å²) < 4.78 is 0. The highest BCUT2D eigenvalue weighted by Crippen LogP contribution is 2.35. The zero-order valence-electron chi connectivity index (χ0n) is 12.9. The van der Waals surface area contributed by atoms with Gasteiger partial charge in [0.05, 0.1) is 16.5 Å². The van der Waals surface area contributed by atoms with Gasteiger partial charge in [-0.2, -0.15) is 0 Å². The van der Waals surface area contributed by atoms with Crippen molar-refractivity contribution < 1.29 is 14.7 Å². The van der Waals surface area contributed by atoms with E-state index in [2.05, 4.69) is 15.6 Å². The predicted molar refractivity (Wildman–Crippen MR) is 88.2 cm³/mol. The minimum Gasteiger partial charge on any atom is -0.388 e. The molecule has 2 heterocycles. The number of aliphatic hydroxyl groups is 1. The van der Waals surface area contributed by atoms with Crippen LogP contribution in [0, 0.1) is 0 Å². The molecule has 7 heteroatoms. The highest BCUT2D eigenvalue weighted by Gasteiger charge is 2.32. The lowest BCUT2D eigenvalue weighted by Crippen LogP contribution is -2.45. The van der Waals surface area contributed by atoms with Gasteiger partial charge in [-0.3, -0.25) is 9.59 Å². The van der Waals surface area contributed by atoms with Crippen LogP contribution in [-0.2, 0) is 9.59 Å². The van der Waals surface area contributed by atoms with Gasteiger partial charge in [-0.05, 0) is 25.0 Å². The number of aromatic nitrogens is 1. The zero-order valence-corrected chi connectivity index (χ0v) is 13.7. The average molecular weight is 335 g/mol. The molecule has 23 heavy (non-hydrogen) atoms. The molecule has 1 saturated carbocycles. The quantitative estimate of drug-likeness (QED) is 0.779. The zero-order chi connectivity index (χ0) is 16.3. The Morgan fingerprint density at radius 3 is 3.00 bits per heavy atom. The van der Waals surface area contributed by atoms with Crippen LogP contribution in [0.4, 0.5) is 5.69 Å². The van der Waals surface area contributed by atoms with Crippen LogP contribution in [0.5, 0.6) is 0 Å². The number of pyridine rings is 1. The third kappa shape index (κ3) is 4.03. The van der Waals surface area contributed by atoms with E-state index in [1.165, 1.54) is 11.8 Å². The lowest BCUT2D eigenvalue weighted by atomic mass is 9.85. The van der Waals surface area contributed by atoms with Crippen LogP contribution in [0.15, 0.2) is 23.4 Å². The molecule has 0 radical (unpaired) electrons. The van der Waals surface area contributed by atoms with E-state index in [1.54, 1.807) is 18.3 Å². The van der Waals surface area contributed by atoms with Gasteiger partial charge in [-0.1, -0.05) is 31.0 Å². The van der Waals surface area contributed by atoms with Crippen molar-refractivity contribution in [2.75, 3.05) is 11.9 Å². The molecule has 1 unspecified atom stereocenters. The maximum absolute atomic E-state index is 12.1. The summed E-state index contributed by atoms with van der Waals surface area (Å²) in [7, 11) is 0. The number of nitrogens with one attached hydrogen (secondary N) is 2. The molecule has 0 saturated heterocycles. The molecule has 1 aliphatic heterocycles. The molecule has 1 atom stereocenters. The molecule has 2 aliphatic rings. The van der Waals surface area contributed by atoms with E-state index in [9.17, 15) is 14.7 Å². The molecule has 0 bridgehead atoms. The topological polar surface area (TPSA) is 91.3 Å². The summed E-state index contributed by atoms with van der Waals surface area (Å²) in [6.07, 6.45) is 6.33. The van der Waals surface area contributed by atoms with Crippen LogP contribution < -0.4 is 10.6 Å². The molecule has 0 spiro atoms. The molecule has 0 aromatic carbocycles. The molecule has 1 aromatic rings. The molecule has 2 amide bonds. The first-order valence-electron chi connectivity index (χ1n) is 7.97. The maximum atomic E-state index is 12.1. The Morgan fingerprint density at radius 2 is 2.22 bits per heavy atom. The third-order valence-electron chi connectivity index (χ3n) is 4.35. The summed E-state index contributed by atoms with van der Waals surface area (Å²) in [4.78, 5) is 28.4. The van der Waals surface area contributed by atoms with E-state index in [1.807, 2.05) is 0 Å². The van der Waals surface area contributed by atoms with Crippen LogP contribution in [-0.4, -0.2) is 39.3 Å². The summed E-state index contributed by atoms with van der Waals surface area (Å²) >= 11 is 1.31. The summed E-state index contributed by atoms with van der Waals surface area (Å²) in [6.45, 7) is 0.264. The Morgan fingerprint density at radius 1 is 1.43 bits per heavy atom. The Kier molecular flexibility index (Phi) is 4.87. The van der Waals surface area contributed by atoms with E-state index in [0.29, 0.717) is 5.69 Å². The van der Waals surface area contributed by atoms with E-state index in [-0.39, 0.29) is 24.8 Å². The summed E-state index contributed by atoms with van der Waals surface area (Å²) in [6, 6.07) is 3.56. The number of hydrogen-bond acceptors (Lipinski definition) is 5. The fraction of sp³-hybridized carbons (Fsp3) is 0.562. The lowest BCUT2D eigenvalue weighted by Gasteiger charge is -2.32. The van der Waals surface area contributed by atoms with Crippen LogP contribution in [0.2, 0.25) is 0 Å². The van der Waals surface area contributed by atoms with Crippen molar-refractivity contribution in [3.63, 3.8) is 0 Å². The highest BCUT2D eigenvalue weighted by molar-refractivity contribution is 8.00. The molecule has 3 rings (SSSR count). The summed E-state index contributed by atoms with van der Waals surface area (Å²) in [5.41, 5.74) is -0.0972.